The van der Waals surface area contributed by atoms with Gasteiger partial charge in [0.1, 0.15) is 0 Å². The van der Waals surface area contributed by atoms with E-state index in [4.69, 9.17) is 0 Å². The molecular formula is C22H44S. The number of hydrogen-bond donors (Lipinski definition) is 0. The van der Waals surface area contributed by atoms with E-state index >= 15 is 0 Å². The molecule has 0 bridgehead atoms. The number of thioether (sulfide) groups is 1. The fourth-order valence-corrected chi connectivity index (χ4v) is 5.78. The Morgan fingerprint density at radius 3 is 1.91 bits per heavy atom. The molecule has 1 aliphatic carbocycles. The maximum absolute atomic E-state index is 2.36. The minimum Gasteiger partial charge on any atom is -0.158 e. The van der Waals surface area contributed by atoms with Gasteiger partial charge in [0, 0.05) is 5.25 Å². The first kappa shape index (κ1) is 21.4. The van der Waals surface area contributed by atoms with E-state index in [0.29, 0.717) is 0 Å². The van der Waals surface area contributed by atoms with Crippen LogP contribution in [0.15, 0.2) is 0 Å². The van der Waals surface area contributed by atoms with E-state index < -0.39 is 0 Å². The topological polar surface area (TPSA) is 0 Å². The molecule has 0 heterocycles. The monoisotopic (exact) mass is 340 g/mol. The third-order valence-corrected chi connectivity index (χ3v) is 7.36. The predicted molar refractivity (Wildman–Crippen MR) is 110 cm³/mol. The highest BCUT2D eigenvalue weighted by atomic mass is 32.2. The molecule has 0 nitrogen and oxygen atoms in total. The fourth-order valence-electron chi connectivity index (χ4n) is 4.15. The predicted octanol–water partition coefficient (Wildman–Crippen LogP) is 8.25. The van der Waals surface area contributed by atoms with Crippen LogP contribution in [0.5, 0.6) is 0 Å². The standard InChI is InChI=1S/C22H44S/c1-4-7-11-16-21(20-14-12-10-13-15-20)19-23-22(17-8-5-2)18-9-6-3/h20-22H,4-19H2,1-3H3. The van der Waals surface area contributed by atoms with Gasteiger partial charge in [-0.2, -0.15) is 11.8 Å². The first-order valence-corrected chi connectivity index (χ1v) is 12.0. The van der Waals surface area contributed by atoms with Crippen molar-refractivity contribution < 1.29 is 0 Å². The van der Waals surface area contributed by atoms with Crippen LogP contribution in [0.1, 0.15) is 117 Å². The van der Waals surface area contributed by atoms with Crippen molar-refractivity contribution in [1.29, 1.82) is 0 Å². The lowest BCUT2D eigenvalue weighted by atomic mass is 9.79. The van der Waals surface area contributed by atoms with Crippen molar-refractivity contribution in [1.82, 2.24) is 0 Å². The molecule has 1 fully saturated rings. The number of unbranched alkanes of at least 4 members (excludes halogenated alkanes) is 4. The second-order valence-corrected chi connectivity index (χ2v) is 9.23. The van der Waals surface area contributed by atoms with Crippen LogP contribution in [0.25, 0.3) is 0 Å². The molecule has 0 N–H and O–H groups in total. The molecule has 0 aromatic rings. The fraction of sp³-hybridized carbons (Fsp3) is 1.00. The Kier molecular flexibility index (Phi) is 13.6. The van der Waals surface area contributed by atoms with E-state index in [0.717, 1.165) is 17.1 Å². The van der Waals surface area contributed by atoms with Crippen molar-refractivity contribution in [3.05, 3.63) is 0 Å². The Balaban J connectivity index is 2.43. The summed E-state index contributed by atoms with van der Waals surface area (Å²) in [5, 5.41) is 0.951. The lowest BCUT2D eigenvalue weighted by molar-refractivity contribution is 0.251. The summed E-state index contributed by atoms with van der Waals surface area (Å²) in [6.45, 7) is 7.03. The summed E-state index contributed by atoms with van der Waals surface area (Å²) in [6.07, 6.45) is 21.9. The van der Waals surface area contributed by atoms with E-state index in [9.17, 15) is 0 Å². The third kappa shape index (κ3) is 10.0. The highest BCUT2D eigenvalue weighted by Gasteiger charge is 2.24. The molecule has 0 aromatic heterocycles. The highest BCUT2D eigenvalue weighted by Crippen LogP contribution is 2.36. The average molecular weight is 341 g/mol. The Bertz CT molecular complexity index is 236. The minimum absolute atomic E-state index is 0.951. The first-order chi connectivity index (χ1) is 11.3. The third-order valence-electron chi connectivity index (χ3n) is 5.80. The van der Waals surface area contributed by atoms with Crippen molar-refractivity contribution in [2.24, 2.45) is 11.8 Å². The summed E-state index contributed by atoms with van der Waals surface area (Å²) in [7, 11) is 0. The Hall–Kier alpha value is 0.350. The second-order valence-electron chi connectivity index (χ2n) is 7.89. The van der Waals surface area contributed by atoms with Crippen molar-refractivity contribution in [3.63, 3.8) is 0 Å². The quantitative estimate of drug-likeness (QED) is 0.287. The molecule has 0 radical (unpaired) electrons. The summed E-state index contributed by atoms with van der Waals surface area (Å²) < 4.78 is 0. The van der Waals surface area contributed by atoms with Crippen LogP contribution in [0.3, 0.4) is 0 Å². The van der Waals surface area contributed by atoms with Gasteiger partial charge >= 0.3 is 0 Å². The van der Waals surface area contributed by atoms with Gasteiger partial charge in [0.05, 0.1) is 0 Å². The lowest BCUT2D eigenvalue weighted by Gasteiger charge is -2.31. The van der Waals surface area contributed by atoms with Crippen LogP contribution in [-0.2, 0) is 0 Å². The Labute approximate surface area is 152 Å². The molecule has 0 aromatic carbocycles. The SMILES string of the molecule is CCCCCC(CSC(CCCC)CCCC)C1CCCCC1. The van der Waals surface area contributed by atoms with Gasteiger partial charge in [-0.05, 0) is 36.9 Å². The number of rotatable bonds is 14. The van der Waals surface area contributed by atoms with Crippen molar-refractivity contribution in [2.45, 2.75) is 122 Å². The van der Waals surface area contributed by atoms with E-state index in [-0.39, 0.29) is 0 Å². The van der Waals surface area contributed by atoms with Crippen LogP contribution < -0.4 is 0 Å². The molecule has 1 heteroatoms. The van der Waals surface area contributed by atoms with Crippen LogP contribution in [0.4, 0.5) is 0 Å². The molecule has 1 aliphatic rings. The van der Waals surface area contributed by atoms with Crippen molar-refractivity contribution in [2.75, 3.05) is 5.75 Å². The molecule has 0 spiro atoms. The van der Waals surface area contributed by atoms with Gasteiger partial charge in [0.15, 0.2) is 0 Å². The Morgan fingerprint density at radius 2 is 1.35 bits per heavy atom. The lowest BCUT2D eigenvalue weighted by Crippen LogP contribution is -2.21. The van der Waals surface area contributed by atoms with Gasteiger partial charge in [-0.25, -0.2) is 0 Å². The van der Waals surface area contributed by atoms with E-state index in [1.807, 2.05) is 0 Å². The zero-order valence-electron chi connectivity index (χ0n) is 16.5. The summed E-state index contributed by atoms with van der Waals surface area (Å²) >= 11 is 2.36. The van der Waals surface area contributed by atoms with Gasteiger partial charge in [-0.15, -0.1) is 0 Å². The molecule has 23 heavy (non-hydrogen) atoms. The second kappa shape index (κ2) is 14.7. The van der Waals surface area contributed by atoms with Crippen molar-refractivity contribution >= 4 is 11.8 Å². The Morgan fingerprint density at radius 1 is 0.739 bits per heavy atom. The largest absolute Gasteiger partial charge is 0.158 e. The molecule has 1 atom stereocenters. The van der Waals surface area contributed by atoms with Gasteiger partial charge < -0.3 is 0 Å². The van der Waals surface area contributed by atoms with E-state index in [1.54, 1.807) is 0 Å². The van der Waals surface area contributed by atoms with Crippen LogP contribution in [0.2, 0.25) is 0 Å². The van der Waals surface area contributed by atoms with Crippen molar-refractivity contribution in [3.8, 4) is 0 Å². The zero-order chi connectivity index (χ0) is 16.8. The molecule has 0 amide bonds. The van der Waals surface area contributed by atoms with Crippen LogP contribution in [-0.4, -0.2) is 11.0 Å². The van der Waals surface area contributed by atoms with Gasteiger partial charge in [-0.1, -0.05) is 97.8 Å². The first-order valence-electron chi connectivity index (χ1n) is 10.9. The number of hydrogen-bond acceptors (Lipinski definition) is 1. The summed E-state index contributed by atoms with van der Waals surface area (Å²) in [5.74, 6) is 3.55. The average Bonchev–Trinajstić information content (AvgIpc) is 2.60. The maximum atomic E-state index is 2.36. The molecule has 0 saturated heterocycles. The van der Waals surface area contributed by atoms with Gasteiger partial charge in [0.2, 0.25) is 0 Å². The molecular weight excluding hydrogens is 296 g/mol. The normalized spacial score (nSPS) is 17.7. The molecule has 0 aliphatic heterocycles. The summed E-state index contributed by atoms with van der Waals surface area (Å²) in [5.41, 5.74) is 0. The minimum atomic E-state index is 0.951. The summed E-state index contributed by atoms with van der Waals surface area (Å²) in [6, 6.07) is 0. The molecule has 1 unspecified atom stereocenters. The molecule has 138 valence electrons. The maximum Gasteiger partial charge on any atom is 0.00471 e. The smallest absolute Gasteiger partial charge is 0.00471 e. The molecule has 1 rings (SSSR count). The van der Waals surface area contributed by atoms with E-state index in [1.165, 1.54) is 102 Å². The summed E-state index contributed by atoms with van der Waals surface area (Å²) in [4.78, 5) is 0. The van der Waals surface area contributed by atoms with Crippen LogP contribution in [0, 0.1) is 11.8 Å². The highest BCUT2D eigenvalue weighted by molar-refractivity contribution is 7.99. The molecule has 1 saturated carbocycles. The van der Waals surface area contributed by atoms with Gasteiger partial charge in [0.25, 0.3) is 0 Å². The van der Waals surface area contributed by atoms with Crippen LogP contribution >= 0.6 is 11.8 Å². The van der Waals surface area contributed by atoms with E-state index in [2.05, 4.69) is 32.5 Å². The van der Waals surface area contributed by atoms with Gasteiger partial charge in [-0.3, -0.25) is 0 Å². The zero-order valence-corrected chi connectivity index (χ0v) is 17.3.